The van der Waals surface area contributed by atoms with E-state index in [1.54, 1.807) is 6.07 Å². The molecule has 6 heteroatoms. The van der Waals surface area contributed by atoms with Gasteiger partial charge in [-0.15, -0.1) is 0 Å². The van der Waals surface area contributed by atoms with E-state index in [4.69, 9.17) is 11.6 Å². The summed E-state index contributed by atoms with van der Waals surface area (Å²) in [6.45, 7) is 6.14. The average molecular weight is 298 g/mol. The first-order valence-electron chi connectivity index (χ1n) is 6.93. The zero-order valence-electron chi connectivity index (χ0n) is 11.8. The Hall–Kier alpha value is -1.33. The molecule has 1 saturated heterocycles. The monoisotopic (exact) mass is 297 g/mol. The highest BCUT2D eigenvalue weighted by Crippen LogP contribution is 2.31. The predicted octanol–water partition coefficient (Wildman–Crippen LogP) is 3.22. The second-order valence-electron chi connectivity index (χ2n) is 5.43. The summed E-state index contributed by atoms with van der Waals surface area (Å²) in [4.78, 5) is 12.6. The fourth-order valence-electron chi connectivity index (χ4n) is 2.58. The summed E-state index contributed by atoms with van der Waals surface area (Å²) in [6, 6.07) is 5.43. The predicted molar refractivity (Wildman–Crippen MR) is 81.6 cm³/mol. The van der Waals surface area contributed by atoms with Crippen LogP contribution >= 0.6 is 11.6 Å². The van der Waals surface area contributed by atoms with Crippen molar-refractivity contribution < 1.29 is 4.92 Å². The Morgan fingerprint density at radius 2 is 2.30 bits per heavy atom. The Morgan fingerprint density at radius 1 is 1.55 bits per heavy atom. The number of non-ortho nitro benzene ring substituents is 1. The van der Waals surface area contributed by atoms with Gasteiger partial charge in [0.05, 0.1) is 15.6 Å². The molecule has 0 aromatic heterocycles. The summed E-state index contributed by atoms with van der Waals surface area (Å²) >= 11 is 6.23. The summed E-state index contributed by atoms with van der Waals surface area (Å²) in [5.41, 5.74) is 0.891. The second-order valence-corrected chi connectivity index (χ2v) is 5.84. The number of anilines is 1. The number of rotatable bonds is 5. The molecule has 1 aromatic carbocycles. The Labute approximate surface area is 124 Å². The van der Waals surface area contributed by atoms with Crippen molar-refractivity contribution in [3.8, 4) is 0 Å². The molecule has 0 amide bonds. The summed E-state index contributed by atoms with van der Waals surface area (Å²) in [6.07, 6.45) is 2.36. The van der Waals surface area contributed by atoms with Crippen LogP contribution < -0.4 is 10.2 Å². The number of nitrogens with zero attached hydrogens (tertiary/aromatic N) is 2. The van der Waals surface area contributed by atoms with Crippen molar-refractivity contribution in [1.29, 1.82) is 0 Å². The molecule has 1 fully saturated rings. The van der Waals surface area contributed by atoms with Gasteiger partial charge in [-0.2, -0.15) is 0 Å². The van der Waals surface area contributed by atoms with Crippen LogP contribution in [0.3, 0.4) is 0 Å². The maximum atomic E-state index is 10.8. The van der Waals surface area contributed by atoms with Crippen LogP contribution in [0.1, 0.15) is 26.7 Å². The van der Waals surface area contributed by atoms with Gasteiger partial charge in [0, 0.05) is 30.8 Å². The molecule has 2 rings (SSSR count). The van der Waals surface area contributed by atoms with Gasteiger partial charge < -0.3 is 10.2 Å². The van der Waals surface area contributed by atoms with Gasteiger partial charge in [-0.3, -0.25) is 10.1 Å². The van der Waals surface area contributed by atoms with E-state index in [9.17, 15) is 10.1 Å². The number of hydrogen-bond donors (Lipinski definition) is 1. The number of halogens is 1. The molecule has 5 nitrogen and oxygen atoms in total. The van der Waals surface area contributed by atoms with E-state index >= 15 is 0 Å². The third-order valence-electron chi connectivity index (χ3n) is 3.65. The van der Waals surface area contributed by atoms with Crippen LogP contribution in [-0.4, -0.2) is 30.1 Å². The number of benzene rings is 1. The fourth-order valence-corrected chi connectivity index (χ4v) is 2.86. The molecule has 1 heterocycles. The van der Waals surface area contributed by atoms with Gasteiger partial charge in [0.1, 0.15) is 0 Å². The highest BCUT2D eigenvalue weighted by Gasteiger charge is 2.22. The van der Waals surface area contributed by atoms with Gasteiger partial charge in [0.25, 0.3) is 5.69 Å². The molecule has 1 atom stereocenters. The van der Waals surface area contributed by atoms with Gasteiger partial charge in [0.15, 0.2) is 0 Å². The van der Waals surface area contributed by atoms with Crippen molar-refractivity contribution in [2.45, 2.75) is 38.8 Å². The van der Waals surface area contributed by atoms with Crippen LogP contribution in [0.4, 0.5) is 11.4 Å². The van der Waals surface area contributed by atoms with Crippen LogP contribution in [0.25, 0.3) is 0 Å². The van der Waals surface area contributed by atoms with Crippen molar-refractivity contribution in [3.63, 3.8) is 0 Å². The Bertz CT molecular complexity index is 487. The highest BCUT2D eigenvalue weighted by molar-refractivity contribution is 6.33. The lowest BCUT2D eigenvalue weighted by atomic mass is 10.1. The van der Waals surface area contributed by atoms with Crippen molar-refractivity contribution in [1.82, 2.24) is 5.32 Å². The standard InChI is InChI=1S/C14H20ClN3O2/c1-10(2)17(9-11-4-3-7-16-11)14-6-5-12(18(19)20)8-13(14)15/h5-6,8,10-11,16H,3-4,7,9H2,1-2H3. The lowest BCUT2D eigenvalue weighted by Crippen LogP contribution is -2.41. The molecule has 0 spiro atoms. The molecule has 1 aliphatic rings. The average Bonchev–Trinajstić information content (AvgIpc) is 2.89. The molecular formula is C14H20ClN3O2. The number of hydrogen-bond acceptors (Lipinski definition) is 4. The van der Waals surface area contributed by atoms with E-state index < -0.39 is 4.92 Å². The first kappa shape index (κ1) is 15.1. The molecular weight excluding hydrogens is 278 g/mol. The van der Waals surface area contributed by atoms with Crippen LogP contribution in [0.2, 0.25) is 5.02 Å². The molecule has 1 aliphatic heterocycles. The van der Waals surface area contributed by atoms with E-state index in [0.29, 0.717) is 11.1 Å². The minimum Gasteiger partial charge on any atom is -0.366 e. The van der Waals surface area contributed by atoms with Crippen molar-refractivity contribution >= 4 is 23.0 Å². The molecule has 0 aliphatic carbocycles. The Kier molecular flexibility index (Phi) is 4.83. The van der Waals surface area contributed by atoms with E-state index in [1.807, 2.05) is 0 Å². The normalized spacial score (nSPS) is 18.5. The van der Waals surface area contributed by atoms with Crippen molar-refractivity contribution in [2.75, 3.05) is 18.0 Å². The first-order chi connectivity index (χ1) is 9.49. The lowest BCUT2D eigenvalue weighted by Gasteiger charge is -2.32. The minimum atomic E-state index is -0.423. The third kappa shape index (κ3) is 3.41. The van der Waals surface area contributed by atoms with Crippen molar-refractivity contribution in [2.24, 2.45) is 0 Å². The van der Waals surface area contributed by atoms with Crippen LogP contribution in [0.5, 0.6) is 0 Å². The van der Waals surface area contributed by atoms with Gasteiger partial charge >= 0.3 is 0 Å². The van der Waals surface area contributed by atoms with Crippen molar-refractivity contribution in [3.05, 3.63) is 33.3 Å². The van der Waals surface area contributed by atoms with Gasteiger partial charge in [-0.25, -0.2) is 0 Å². The number of nitro groups is 1. The smallest absolute Gasteiger partial charge is 0.271 e. The second kappa shape index (κ2) is 6.41. The van der Waals surface area contributed by atoms with Gasteiger partial charge in [-0.1, -0.05) is 11.6 Å². The zero-order valence-corrected chi connectivity index (χ0v) is 12.6. The van der Waals surface area contributed by atoms with Crippen LogP contribution in [-0.2, 0) is 0 Å². The summed E-state index contributed by atoms with van der Waals surface area (Å²) in [5.74, 6) is 0. The lowest BCUT2D eigenvalue weighted by molar-refractivity contribution is -0.384. The van der Waals surface area contributed by atoms with Crippen LogP contribution in [0, 0.1) is 10.1 Å². The molecule has 20 heavy (non-hydrogen) atoms. The van der Waals surface area contributed by atoms with E-state index in [2.05, 4.69) is 24.1 Å². The molecule has 1 aromatic rings. The fraction of sp³-hybridized carbons (Fsp3) is 0.571. The summed E-state index contributed by atoms with van der Waals surface area (Å²) < 4.78 is 0. The molecule has 0 saturated carbocycles. The Balaban J connectivity index is 2.22. The topological polar surface area (TPSA) is 58.4 Å². The Morgan fingerprint density at radius 3 is 2.80 bits per heavy atom. The minimum absolute atomic E-state index is 0.0291. The van der Waals surface area contributed by atoms with E-state index in [1.165, 1.54) is 18.6 Å². The highest BCUT2D eigenvalue weighted by atomic mass is 35.5. The molecule has 1 N–H and O–H groups in total. The van der Waals surface area contributed by atoms with Gasteiger partial charge in [-0.05, 0) is 39.3 Å². The first-order valence-corrected chi connectivity index (χ1v) is 7.31. The summed E-state index contributed by atoms with van der Waals surface area (Å²) in [5, 5.41) is 14.7. The maximum Gasteiger partial charge on any atom is 0.271 e. The van der Waals surface area contributed by atoms with Crippen LogP contribution in [0.15, 0.2) is 18.2 Å². The largest absolute Gasteiger partial charge is 0.366 e. The molecule has 110 valence electrons. The molecule has 0 radical (unpaired) electrons. The van der Waals surface area contributed by atoms with Gasteiger partial charge in [0.2, 0.25) is 0 Å². The van der Waals surface area contributed by atoms with E-state index in [-0.39, 0.29) is 11.7 Å². The SMILES string of the molecule is CC(C)N(CC1CCCN1)c1ccc([N+](=O)[O-])cc1Cl. The maximum absolute atomic E-state index is 10.8. The number of nitro benzene ring substituents is 1. The number of nitrogens with one attached hydrogen (secondary N) is 1. The quantitative estimate of drug-likeness (QED) is 0.670. The molecule has 1 unspecified atom stereocenters. The third-order valence-corrected chi connectivity index (χ3v) is 3.96. The van der Waals surface area contributed by atoms with E-state index in [0.717, 1.165) is 25.2 Å². The zero-order chi connectivity index (χ0) is 14.7. The summed E-state index contributed by atoms with van der Waals surface area (Å²) in [7, 11) is 0. The molecule has 0 bridgehead atoms.